The molecule has 1 aromatic rings. The Morgan fingerprint density at radius 3 is 2.57 bits per heavy atom. The van der Waals surface area contributed by atoms with E-state index in [0.717, 1.165) is 5.56 Å². The zero-order chi connectivity index (χ0) is 10.4. The number of halogens is 1. The number of hydrogen-bond donors (Lipinski definition) is 2. The lowest BCUT2D eigenvalue weighted by molar-refractivity contribution is 0.243. The predicted octanol–water partition coefficient (Wildman–Crippen LogP) is 1.30. The number of hydrogen-bond acceptors (Lipinski definition) is 1. The zero-order valence-electron chi connectivity index (χ0n) is 8.01. The standard InChI is InChI=1S/C10H13FN2O/c1-12-10(14)13-7-6-8-2-4-9(11)5-3-8/h2-5H,6-7H2,1H3,(H2,12,13,14). The molecule has 14 heavy (non-hydrogen) atoms. The number of carbonyl (C=O) groups is 1. The monoisotopic (exact) mass is 196 g/mol. The van der Waals surface area contributed by atoms with Crippen LogP contribution in [0.3, 0.4) is 0 Å². The molecule has 3 nitrogen and oxygen atoms in total. The molecular formula is C10H13FN2O. The Hall–Kier alpha value is -1.58. The van der Waals surface area contributed by atoms with Crippen molar-refractivity contribution in [2.75, 3.05) is 13.6 Å². The van der Waals surface area contributed by atoms with Gasteiger partial charge in [0.25, 0.3) is 0 Å². The molecule has 0 aliphatic rings. The van der Waals surface area contributed by atoms with Crippen LogP contribution >= 0.6 is 0 Å². The van der Waals surface area contributed by atoms with Gasteiger partial charge in [0.15, 0.2) is 0 Å². The lowest BCUT2D eigenvalue weighted by atomic mass is 10.1. The molecule has 76 valence electrons. The second kappa shape index (κ2) is 5.21. The first-order valence-electron chi connectivity index (χ1n) is 4.42. The van der Waals surface area contributed by atoms with Crippen LogP contribution in [0.5, 0.6) is 0 Å². The lowest BCUT2D eigenvalue weighted by Crippen LogP contribution is -2.33. The molecule has 0 atom stereocenters. The molecule has 0 heterocycles. The van der Waals surface area contributed by atoms with E-state index in [9.17, 15) is 9.18 Å². The molecule has 0 aliphatic heterocycles. The van der Waals surface area contributed by atoms with Crippen LogP contribution in [0.2, 0.25) is 0 Å². The fraction of sp³-hybridized carbons (Fsp3) is 0.300. The van der Waals surface area contributed by atoms with E-state index in [1.807, 2.05) is 0 Å². The zero-order valence-corrected chi connectivity index (χ0v) is 8.01. The summed E-state index contributed by atoms with van der Waals surface area (Å²) in [5, 5.41) is 5.10. The van der Waals surface area contributed by atoms with Crippen molar-refractivity contribution in [3.05, 3.63) is 35.6 Å². The summed E-state index contributed by atoms with van der Waals surface area (Å²) in [5.74, 6) is -0.243. The first-order chi connectivity index (χ1) is 6.72. The van der Waals surface area contributed by atoms with Crippen LogP contribution in [-0.2, 0) is 6.42 Å². The molecule has 1 rings (SSSR count). The molecule has 1 aromatic carbocycles. The van der Waals surface area contributed by atoms with Gasteiger partial charge in [0.2, 0.25) is 0 Å². The van der Waals surface area contributed by atoms with Crippen LogP contribution < -0.4 is 10.6 Å². The van der Waals surface area contributed by atoms with Gasteiger partial charge in [-0.15, -0.1) is 0 Å². The largest absolute Gasteiger partial charge is 0.341 e. The van der Waals surface area contributed by atoms with Gasteiger partial charge in [0.05, 0.1) is 0 Å². The minimum Gasteiger partial charge on any atom is -0.341 e. The van der Waals surface area contributed by atoms with Crippen molar-refractivity contribution in [3.63, 3.8) is 0 Å². The Morgan fingerprint density at radius 1 is 1.36 bits per heavy atom. The molecule has 4 heteroatoms. The van der Waals surface area contributed by atoms with Crippen molar-refractivity contribution in [2.24, 2.45) is 0 Å². The molecule has 0 saturated carbocycles. The number of urea groups is 1. The van der Waals surface area contributed by atoms with Crippen molar-refractivity contribution in [3.8, 4) is 0 Å². The Labute approximate surface area is 82.3 Å². The highest BCUT2D eigenvalue weighted by atomic mass is 19.1. The highest BCUT2D eigenvalue weighted by Gasteiger charge is 1.96. The summed E-state index contributed by atoms with van der Waals surface area (Å²) in [4.78, 5) is 10.8. The van der Waals surface area contributed by atoms with Gasteiger partial charge in [-0.2, -0.15) is 0 Å². The molecular weight excluding hydrogens is 183 g/mol. The van der Waals surface area contributed by atoms with Crippen molar-refractivity contribution in [1.29, 1.82) is 0 Å². The summed E-state index contributed by atoms with van der Waals surface area (Å²) in [6.07, 6.45) is 0.702. The molecule has 2 amide bonds. The number of nitrogens with one attached hydrogen (secondary N) is 2. The van der Waals surface area contributed by atoms with Gasteiger partial charge in [0.1, 0.15) is 5.82 Å². The summed E-state index contributed by atoms with van der Waals surface area (Å²) in [6, 6.07) is 6.04. The molecule has 2 N–H and O–H groups in total. The number of benzene rings is 1. The maximum absolute atomic E-state index is 12.5. The average molecular weight is 196 g/mol. The molecule has 0 aliphatic carbocycles. The van der Waals surface area contributed by atoms with Crippen molar-refractivity contribution < 1.29 is 9.18 Å². The number of carbonyl (C=O) groups excluding carboxylic acids is 1. The van der Waals surface area contributed by atoms with Gasteiger partial charge in [0, 0.05) is 13.6 Å². The maximum atomic E-state index is 12.5. The Bertz CT molecular complexity index is 297. The SMILES string of the molecule is CNC(=O)NCCc1ccc(F)cc1. The van der Waals surface area contributed by atoms with Crippen LogP contribution in [0.1, 0.15) is 5.56 Å². The van der Waals surface area contributed by atoms with Gasteiger partial charge in [-0.25, -0.2) is 9.18 Å². The van der Waals surface area contributed by atoms with E-state index in [1.54, 1.807) is 19.2 Å². The van der Waals surface area contributed by atoms with Crippen LogP contribution in [0.25, 0.3) is 0 Å². The highest BCUT2D eigenvalue weighted by molar-refractivity contribution is 5.73. The maximum Gasteiger partial charge on any atom is 0.314 e. The van der Waals surface area contributed by atoms with Crippen LogP contribution in [0.4, 0.5) is 9.18 Å². The Balaban J connectivity index is 2.31. The topological polar surface area (TPSA) is 41.1 Å². The van der Waals surface area contributed by atoms with Crippen LogP contribution in [-0.4, -0.2) is 19.6 Å². The first-order valence-corrected chi connectivity index (χ1v) is 4.42. The molecule has 0 unspecified atom stereocenters. The Morgan fingerprint density at radius 2 is 2.00 bits per heavy atom. The molecule has 0 bridgehead atoms. The van der Waals surface area contributed by atoms with Crippen LogP contribution in [0.15, 0.2) is 24.3 Å². The van der Waals surface area contributed by atoms with E-state index < -0.39 is 0 Å². The summed E-state index contributed by atoms with van der Waals surface area (Å²) >= 11 is 0. The van der Waals surface area contributed by atoms with Gasteiger partial charge in [-0.1, -0.05) is 12.1 Å². The average Bonchev–Trinajstić information content (AvgIpc) is 2.21. The van der Waals surface area contributed by atoms with Crippen molar-refractivity contribution in [2.45, 2.75) is 6.42 Å². The predicted molar refractivity (Wildman–Crippen MR) is 52.6 cm³/mol. The molecule has 0 saturated heterocycles. The highest BCUT2D eigenvalue weighted by Crippen LogP contribution is 2.02. The second-order valence-electron chi connectivity index (χ2n) is 2.88. The van der Waals surface area contributed by atoms with E-state index in [4.69, 9.17) is 0 Å². The fourth-order valence-corrected chi connectivity index (χ4v) is 1.06. The third-order valence-electron chi connectivity index (χ3n) is 1.84. The van der Waals surface area contributed by atoms with Crippen LogP contribution in [0, 0.1) is 5.82 Å². The lowest BCUT2D eigenvalue weighted by Gasteiger charge is -2.03. The van der Waals surface area contributed by atoms with E-state index in [1.165, 1.54) is 12.1 Å². The van der Waals surface area contributed by atoms with E-state index in [2.05, 4.69) is 10.6 Å². The molecule has 0 radical (unpaired) electrons. The Kier molecular flexibility index (Phi) is 3.91. The van der Waals surface area contributed by atoms with Gasteiger partial charge >= 0.3 is 6.03 Å². The molecule has 0 spiro atoms. The summed E-state index contributed by atoms with van der Waals surface area (Å²) in [7, 11) is 1.56. The number of rotatable bonds is 3. The van der Waals surface area contributed by atoms with Crippen molar-refractivity contribution >= 4 is 6.03 Å². The van der Waals surface area contributed by atoms with E-state index >= 15 is 0 Å². The normalized spacial score (nSPS) is 9.57. The van der Waals surface area contributed by atoms with Gasteiger partial charge in [-0.05, 0) is 24.1 Å². The first kappa shape index (κ1) is 10.5. The minimum atomic E-state index is -0.243. The number of amides is 2. The molecule has 0 fully saturated rings. The minimum absolute atomic E-state index is 0.202. The quantitative estimate of drug-likeness (QED) is 0.751. The second-order valence-corrected chi connectivity index (χ2v) is 2.88. The third-order valence-corrected chi connectivity index (χ3v) is 1.84. The fourth-order valence-electron chi connectivity index (χ4n) is 1.06. The van der Waals surface area contributed by atoms with Crippen molar-refractivity contribution in [1.82, 2.24) is 10.6 Å². The van der Waals surface area contributed by atoms with E-state index in [-0.39, 0.29) is 11.8 Å². The van der Waals surface area contributed by atoms with E-state index in [0.29, 0.717) is 13.0 Å². The summed E-state index contributed by atoms with van der Waals surface area (Å²) in [6.45, 7) is 0.547. The molecule has 0 aromatic heterocycles. The third kappa shape index (κ3) is 3.43. The smallest absolute Gasteiger partial charge is 0.314 e. The van der Waals surface area contributed by atoms with Gasteiger partial charge in [-0.3, -0.25) is 0 Å². The summed E-state index contributed by atoms with van der Waals surface area (Å²) < 4.78 is 12.5. The summed E-state index contributed by atoms with van der Waals surface area (Å²) in [5.41, 5.74) is 1.00. The van der Waals surface area contributed by atoms with Gasteiger partial charge < -0.3 is 10.6 Å².